The van der Waals surface area contributed by atoms with E-state index in [4.69, 9.17) is 4.74 Å². The smallest absolute Gasteiger partial charge is 0.322 e. The van der Waals surface area contributed by atoms with Crippen LogP contribution in [0.2, 0.25) is 0 Å². The largest absolute Gasteiger partial charge is 0.480 e. The highest BCUT2D eigenvalue weighted by molar-refractivity contribution is 7.88. The zero-order valence-corrected chi connectivity index (χ0v) is 13.4. The molecule has 22 heavy (non-hydrogen) atoms. The Labute approximate surface area is 129 Å². The summed E-state index contributed by atoms with van der Waals surface area (Å²) in [6.45, 7) is 0.915. The molecule has 2 heterocycles. The van der Waals surface area contributed by atoms with Crippen LogP contribution in [0.3, 0.4) is 0 Å². The van der Waals surface area contributed by atoms with E-state index in [1.807, 2.05) is 0 Å². The lowest BCUT2D eigenvalue weighted by molar-refractivity contribution is 0.190. The summed E-state index contributed by atoms with van der Waals surface area (Å²) in [5.41, 5.74) is 0.480. The molecular formula is C13H20N4O4S. The number of nitrogens with zero attached hydrogens (tertiary/aromatic N) is 2. The number of urea groups is 1. The second-order valence-electron chi connectivity index (χ2n) is 5.17. The van der Waals surface area contributed by atoms with E-state index in [9.17, 15) is 13.2 Å². The van der Waals surface area contributed by atoms with Crippen LogP contribution in [0.1, 0.15) is 12.8 Å². The summed E-state index contributed by atoms with van der Waals surface area (Å²) in [6, 6.07) is 2.83. The number of pyridine rings is 1. The average molecular weight is 328 g/mol. The van der Waals surface area contributed by atoms with Crippen molar-refractivity contribution in [3.05, 3.63) is 18.3 Å². The van der Waals surface area contributed by atoms with E-state index in [0.29, 0.717) is 31.1 Å². The molecule has 1 atom stereocenters. The Bertz CT molecular complexity index is 635. The minimum Gasteiger partial charge on any atom is -0.480 e. The van der Waals surface area contributed by atoms with Crippen LogP contribution in [0.25, 0.3) is 0 Å². The number of hydrogen-bond acceptors (Lipinski definition) is 5. The number of carbonyl (C=O) groups excluding carboxylic acids is 1. The first-order valence-corrected chi connectivity index (χ1v) is 8.80. The molecule has 2 N–H and O–H groups in total. The molecule has 0 aromatic carbocycles. The van der Waals surface area contributed by atoms with Crippen molar-refractivity contribution in [2.45, 2.75) is 18.9 Å². The topological polar surface area (TPSA) is 101 Å². The standard InChI is InChI=1S/C13H20N4O4S/c1-21-12-11(6-3-7-14-12)15-13(18)17-8-4-5-10(9-17)16-22(2,19)20/h3,6-7,10,16H,4-5,8-9H2,1-2H3,(H,15,18). The predicted molar refractivity (Wildman–Crippen MR) is 82.4 cm³/mol. The Balaban J connectivity index is 2.00. The van der Waals surface area contributed by atoms with Crippen molar-refractivity contribution in [1.29, 1.82) is 0 Å². The maximum absolute atomic E-state index is 12.3. The molecule has 0 radical (unpaired) electrons. The van der Waals surface area contributed by atoms with Crippen LogP contribution in [0.4, 0.5) is 10.5 Å². The summed E-state index contributed by atoms with van der Waals surface area (Å²) >= 11 is 0. The van der Waals surface area contributed by atoms with Gasteiger partial charge in [-0.2, -0.15) is 0 Å². The molecule has 0 bridgehead atoms. The predicted octanol–water partition coefficient (Wildman–Crippen LogP) is 0.636. The number of hydrogen-bond donors (Lipinski definition) is 2. The molecule has 122 valence electrons. The quantitative estimate of drug-likeness (QED) is 0.844. The number of likely N-dealkylation sites (tertiary alicyclic amines) is 1. The molecule has 1 aromatic heterocycles. The van der Waals surface area contributed by atoms with E-state index in [2.05, 4.69) is 15.0 Å². The highest BCUT2D eigenvalue weighted by atomic mass is 32.2. The first kappa shape index (κ1) is 16.5. The molecule has 1 aliphatic heterocycles. The van der Waals surface area contributed by atoms with Gasteiger partial charge < -0.3 is 15.0 Å². The summed E-state index contributed by atoms with van der Waals surface area (Å²) in [4.78, 5) is 17.9. The number of ether oxygens (including phenoxy) is 1. The van der Waals surface area contributed by atoms with Gasteiger partial charge in [-0.15, -0.1) is 0 Å². The lowest BCUT2D eigenvalue weighted by Gasteiger charge is -2.32. The van der Waals surface area contributed by atoms with E-state index in [1.54, 1.807) is 23.2 Å². The van der Waals surface area contributed by atoms with Gasteiger partial charge in [0, 0.05) is 25.3 Å². The number of aromatic nitrogens is 1. The number of amides is 2. The highest BCUT2D eigenvalue weighted by Crippen LogP contribution is 2.21. The second kappa shape index (κ2) is 6.93. The zero-order valence-electron chi connectivity index (χ0n) is 12.6. The van der Waals surface area contributed by atoms with E-state index in [-0.39, 0.29) is 12.1 Å². The molecule has 9 heteroatoms. The van der Waals surface area contributed by atoms with Gasteiger partial charge in [0.25, 0.3) is 0 Å². The Morgan fingerprint density at radius 2 is 2.27 bits per heavy atom. The summed E-state index contributed by atoms with van der Waals surface area (Å²) in [7, 11) is -1.80. The molecular weight excluding hydrogens is 308 g/mol. The highest BCUT2D eigenvalue weighted by Gasteiger charge is 2.26. The van der Waals surface area contributed by atoms with Crippen molar-refractivity contribution in [3.63, 3.8) is 0 Å². The monoisotopic (exact) mass is 328 g/mol. The zero-order chi connectivity index (χ0) is 16.2. The third kappa shape index (κ3) is 4.57. The van der Waals surface area contributed by atoms with Gasteiger partial charge in [-0.1, -0.05) is 0 Å². The van der Waals surface area contributed by atoms with Crippen LogP contribution in [0, 0.1) is 0 Å². The van der Waals surface area contributed by atoms with Gasteiger partial charge in [-0.25, -0.2) is 22.9 Å². The van der Waals surface area contributed by atoms with Crippen LogP contribution in [-0.4, -0.2) is 56.8 Å². The molecule has 1 saturated heterocycles. The number of anilines is 1. The van der Waals surface area contributed by atoms with Gasteiger partial charge in [0.1, 0.15) is 5.69 Å². The summed E-state index contributed by atoms with van der Waals surface area (Å²) in [5, 5.41) is 2.74. The molecule has 8 nitrogen and oxygen atoms in total. The number of nitrogens with one attached hydrogen (secondary N) is 2. The van der Waals surface area contributed by atoms with E-state index >= 15 is 0 Å². The van der Waals surface area contributed by atoms with Crippen LogP contribution in [-0.2, 0) is 10.0 Å². The number of piperidine rings is 1. The second-order valence-corrected chi connectivity index (χ2v) is 6.95. The van der Waals surface area contributed by atoms with E-state index in [1.165, 1.54) is 7.11 Å². The third-order valence-electron chi connectivity index (χ3n) is 3.30. The third-order valence-corrected chi connectivity index (χ3v) is 4.06. The molecule has 2 amide bonds. The van der Waals surface area contributed by atoms with Gasteiger partial charge in [-0.3, -0.25) is 0 Å². The Morgan fingerprint density at radius 3 is 2.95 bits per heavy atom. The molecule has 1 unspecified atom stereocenters. The Kier molecular flexibility index (Phi) is 5.19. The van der Waals surface area contributed by atoms with Crippen molar-refractivity contribution in [2.24, 2.45) is 0 Å². The van der Waals surface area contributed by atoms with Gasteiger partial charge in [0.15, 0.2) is 0 Å². The fourth-order valence-electron chi connectivity index (χ4n) is 2.40. The van der Waals surface area contributed by atoms with Gasteiger partial charge in [0.2, 0.25) is 15.9 Å². The first-order valence-electron chi connectivity index (χ1n) is 6.91. The maximum atomic E-state index is 12.3. The fourth-order valence-corrected chi connectivity index (χ4v) is 3.20. The number of sulfonamides is 1. The number of methoxy groups -OCH3 is 1. The van der Waals surface area contributed by atoms with Crippen LogP contribution in [0.15, 0.2) is 18.3 Å². The molecule has 0 aliphatic carbocycles. The lowest BCUT2D eigenvalue weighted by atomic mass is 10.1. The van der Waals surface area contributed by atoms with Crippen LogP contribution >= 0.6 is 0 Å². The number of rotatable bonds is 4. The molecule has 1 fully saturated rings. The number of carbonyl (C=O) groups is 1. The Morgan fingerprint density at radius 1 is 1.50 bits per heavy atom. The van der Waals surface area contributed by atoms with Gasteiger partial charge in [0.05, 0.1) is 13.4 Å². The maximum Gasteiger partial charge on any atom is 0.322 e. The summed E-state index contributed by atoms with van der Waals surface area (Å²) in [6.07, 6.45) is 4.14. The molecule has 1 aromatic rings. The molecule has 0 spiro atoms. The van der Waals surface area contributed by atoms with Crippen LogP contribution < -0.4 is 14.8 Å². The SMILES string of the molecule is COc1ncccc1NC(=O)N1CCCC(NS(C)(=O)=O)C1. The van der Waals surface area contributed by atoms with Crippen molar-refractivity contribution >= 4 is 21.7 Å². The van der Waals surface area contributed by atoms with Crippen molar-refractivity contribution in [1.82, 2.24) is 14.6 Å². The molecule has 2 rings (SSSR count). The van der Waals surface area contributed by atoms with E-state index in [0.717, 1.165) is 12.7 Å². The fraction of sp³-hybridized carbons (Fsp3) is 0.538. The first-order chi connectivity index (χ1) is 10.4. The van der Waals surface area contributed by atoms with Gasteiger partial charge in [-0.05, 0) is 25.0 Å². The summed E-state index contributed by atoms with van der Waals surface area (Å²) < 4.78 is 30.2. The summed E-state index contributed by atoms with van der Waals surface area (Å²) in [5.74, 6) is 0.332. The van der Waals surface area contributed by atoms with E-state index < -0.39 is 10.0 Å². The van der Waals surface area contributed by atoms with Crippen LogP contribution in [0.5, 0.6) is 5.88 Å². The average Bonchev–Trinajstić information content (AvgIpc) is 2.46. The Hall–Kier alpha value is -1.87. The minimum atomic E-state index is -3.28. The van der Waals surface area contributed by atoms with Crippen molar-refractivity contribution in [3.8, 4) is 5.88 Å². The van der Waals surface area contributed by atoms with Crippen molar-refractivity contribution < 1.29 is 17.9 Å². The molecule has 0 saturated carbocycles. The van der Waals surface area contributed by atoms with Gasteiger partial charge >= 0.3 is 6.03 Å². The lowest BCUT2D eigenvalue weighted by Crippen LogP contribution is -2.50. The van der Waals surface area contributed by atoms with Crippen molar-refractivity contribution in [2.75, 3.05) is 31.8 Å². The minimum absolute atomic E-state index is 0.259. The molecule has 1 aliphatic rings. The normalized spacial score (nSPS) is 18.8.